The van der Waals surface area contributed by atoms with E-state index in [1.54, 1.807) is 11.3 Å². The minimum absolute atomic E-state index is 0.384. The van der Waals surface area contributed by atoms with Crippen LogP contribution in [0.15, 0.2) is 6.20 Å². The van der Waals surface area contributed by atoms with Gasteiger partial charge in [-0.25, -0.2) is 4.98 Å². The average Bonchev–Trinajstić information content (AvgIpc) is 2.73. The molecule has 0 saturated heterocycles. The SMILES string of the molecule is COC1CCCCC1NCc1ncc(C)s1. The number of methoxy groups -OCH3 is 1. The van der Waals surface area contributed by atoms with Crippen molar-refractivity contribution < 1.29 is 4.74 Å². The molecule has 2 rings (SSSR count). The summed E-state index contributed by atoms with van der Waals surface area (Å²) in [5, 5.41) is 4.75. The van der Waals surface area contributed by atoms with Crippen LogP contribution in [0.5, 0.6) is 0 Å². The van der Waals surface area contributed by atoms with Gasteiger partial charge in [-0.05, 0) is 19.8 Å². The Morgan fingerprint density at radius 1 is 1.50 bits per heavy atom. The van der Waals surface area contributed by atoms with E-state index in [0.29, 0.717) is 12.1 Å². The van der Waals surface area contributed by atoms with Gasteiger partial charge in [0.05, 0.1) is 6.10 Å². The Morgan fingerprint density at radius 2 is 2.31 bits per heavy atom. The average molecular weight is 240 g/mol. The topological polar surface area (TPSA) is 34.1 Å². The fourth-order valence-corrected chi connectivity index (χ4v) is 3.05. The fourth-order valence-electron chi connectivity index (χ4n) is 2.31. The van der Waals surface area contributed by atoms with Crippen LogP contribution in [-0.4, -0.2) is 24.2 Å². The summed E-state index contributed by atoms with van der Waals surface area (Å²) in [6.07, 6.45) is 7.35. The Balaban J connectivity index is 1.84. The highest BCUT2D eigenvalue weighted by molar-refractivity contribution is 7.11. The van der Waals surface area contributed by atoms with Gasteiger partial charge in [0, 0.05) is 30.8 Å². The van der Waals surface area contributed by atoms with Gasteiger partial charge in [-0.2, -0.15) is 0 Å². The van der Waals surface area contributed by atoms with E-state index in [1.807, 2.05) is 13.3 Å². The minimum Gasteiger partial charge on any atom is -0.380 e. The molecule has 1 saturated carbocycles. The number of rotatable bonds is 4. The van der Waals surface area contributed by atoms with E-state index in [4.69, 9.17) is 4.74 Å². The highest BCUT2D eigenvalue weighted by atomic mass is 32.1. The highest BCUT2D eigenvalue weighted by Crippen LogP contribution is 2.21. The van der Waals surface area contributed by atoms with Crippen molar-refractivity contribution >= 4 is 11.3 Å². The van der Waals surface area contributed by atoms with Crippen LogP contribution < -0.4 is 5.32 Å². The number of hydrogen-bond acceptors (Lipinski definition) is 4. The first-order valence-corrected chi connectivity index (χ1v) is 6.78. The zero-order valence-electron chi connectivity index (χ0n) is 10.0. The van der Waals surface area contributed by atoms with Crippen LogP contribution in [0.1, 0.15) is 35.6 Å². The van der Waals surface area contributed by atoms with Crippen LogP contribution in [0.25, 0.3) is 0 Å². The molecular weight excluding hydrogens is 220 g/mol. The van der Waals surface area contributed by atoms with Crippen LogP contribution >= 0.6 is 11.3 Å². The molecule has 2 unspecified atom stereocenters. The van der Waals surface area contributed by atoms with E-state index in [2.05, 4.69) is 17.2 Å². The van der Waals surface area contributed by atoms with E-state index in [0.717, 1.165) is 6.54 Å². The molecular formula is C12H20N2OS. The standard InChI is InChI=1S/C12H20N2OS/c1-9-7-14-12(16-9)8-13-10-5-3-4-6-11(10)15-2/h7,10-11,13H,3-6,8H2,1-2H3. The van der Waals surface area contributed by atoms with Crippen molar-refractivity contribution in [1.82, 2.24) is 10.3 Å². The predicted molar refractivity (Wildman–Crippen MR) is 66.7 cm³/mol. The third-order valence-electron chi connectivity index (χ3n) is 3.19. The van der Waals surface area contributed by atoms with Crippen LogP contribution in [0.2, 0.25) is 0 Å². The summed E-state index contributed by atoms with van der Waals surface area (Å²) in [5.74, 6) is 0. The van der Waals surface area contributed by atoms with Crippen molar-refractivity contribution in [2.45, 2.75) is 51.3 Å². The number of nitrogens with one attached hydrogen (secondary N) is 1. The molecule has 1 fully saturated rings. The smallest absolute Gasteiger partial charge is 0.107 e. The summed E-state index contributed by atoms with van der Waals surface area (Å²) < 4.78 is 5.52. The summed E-state index contributed by atoms with van der Waals surface area (Å²) in [6.45, 7) is 2.97. The van der Waals surface area contributed by atoms with Crippen LogP contribution in [0.4, 0.5) is 0 Å². The Kier molecular flexibility index (Phi) is 4.32. The van der Waals surface area contributed by atoms with Crippen LogP contribution in [-0.2, 0) is 11.3 Å². The molecule has 0 spiro atoms. The third kappa shape index (κ3) is 3.03. The fraction of sp³-hybridized carbons (Fsp3) is 0.750. The molecule has 0 aliphatic heterocycles. The molecule has 1 aromatic heterocycles. The Labute approximate surface area is 101 Å². The number of thiazole rings is 1. The van der Waals surface area contributed by atoms with Crippen molar-refractivity contribution in [2.75, 3.05) is 7.11 Å². The zero-order chi connectivity index (χ0) is 11.4. The molecule has 4 heteroatoms. The number of nitrogens with zero attached hydrogens (tertiary/aromatic N) is 1. The molecule has 1 aliphatic rings. The maximum Gasteiger partial charge on any atom is 0.107 e. The van der Waals surface area contributed by atoms with E-state index in [1.165, 1.54) is 35.6 Å². The predicted octanol–water partition coefficient (Wildman–Crippen LogP) is 2.50. The van der Waals surface area contributed by atoms with Gasteiger partial charge < -0.3 is 10.1 Å². The number of aromatic nitrogens is 1. The first kappa shape index (κ1) is 12.0. The summed E-state index contributed by atoms with van der Waals surface area (Å²) in [5.41, 5.74) is 0. The van der Waals surface area contributed by atoms with E-state index < -0.39 is 0 Å². The minimum atomic E-state index is 0.384. The summed E-state index contributed by atoms with van der Waals surface area (Å²) in [4.78, 5) is 5.65. The lowest BCUT2D eigenvalue weighted by Gasteiger charge is -2.30. The lowest BCUT2D eigenvalue weighted by Crippen LogP contribution is -2.42. The monoisotopic (exact) mass is 240 g/mol. The van der Waals surface area contributed by atoms with E-state index >= 15 is 0 Å². The molecule has 0 bridgehead atoms. The second kappa shape index (κ2) is 5.75. The first-order chi connectivity index (χ1) is 7.79. The number of ether oxygens (including phenoxy) is 1. The van der Waals surface area contributed by atoms with E-state index in [9.17, 15) is 0 Å². The molecule has 1 aromatic rings. The Morgan fingerprint density at radius 3 is 3.00 bits per heavy atom. The van der Waals surface area contributed by atoms with Gasteiger partial charge in [0.1, 0.15) is 5.01 Å². The van der Waals surface area contributed by atoms with Crippen molar-refractivity contribution in [1.29, 1.82) is 0 Å². The van der Waals surface area contributed by atoms with Gasteiger partial charge in [-0.1, -0.05) is 12.8 Å². The summed E-state index contributed by atoms with van der Waals surface area (Å²) >= 11 is 1.77. The number of hydrogen-bond donors (Lipinski definition) is 1. The van der Waals surface area contributed by atoms with Crippen molar-refractivity contribution in [3.05, 3.63) is 16.1 Å². The lowest BCUT2D eigenvalue weighted by atomic mass is 9.92. The largest absolute Gasteiger partial charge is 0.380 e. The van der Waals surface area contributed by atoms with Gasteiger partial charge >= 0.3 is 0 Å². The van der Waals surface area contributed by atoms with Gasteiger partial charge in [-0.15, -0.1) is 11.3 Å². The first-order valence-electron chi connectivity index (χ1n) is 5.97. The molecule has 0 radical (unpaired) electrons. The maximum atomic E-state index is 5.52. The Bertz CT molecular complexity index is 327. The normalized spacial score (nSPS) is 25.9. The quantitative estimate of drug-likeness (QED) is 0.878. The van der Waals surface area contributed by atoms with Gasteiger partial charge in [0.15, 0.2) is 0 Å². The van der Waals surface area contributed by atoms with E-state index in [-0.39, 0.29) is 0 Å². The number of aryl methyl sites for hydroxylation is 1. The second-order valence-corrected chi connectivity index (χ2v) is 5.73. The van der Waals surface area contributed by atoms with Gasteiger partial charge in [0.25, 0.3) is 0 Å². The Hall–Kier alpha value is -0.450. The van der Waals surface area contributed by atoms with Crippen molar-refractivity contribution in [2.24, 2.45) is 0 Å². The van der Waals surface area contributed by atoms with Crippen molar-refractivity contribution in [3.8, 4) is 0 Å². The molecule has 2 atom stereocenters. The molecule has 0 amide bonds. The molecule has 16 heavy (non-hydrogen) atoms. The summed E-state index contributed by atoms with van der Waals surface area (Å²) in [7, 11) is 1.82. The van der Waals surface area contributed by atoms with Crippen molar-refractivity contribution in [3.63, 3.8) is 0 Å². The van der Waals surface area contributed by atoms with Crippen LogP contribution in [0.3, 0.4) is 0 Å². The zero-order valence-corrected chi connectivity index (χ0v) is 10.8. The van der Waals surface area contributed by atoms with Crippen LogP contribution in [0, 0.1) is 6.92 Å². The second-order valence-electron chi connectivity index (χ2n) is 4.41. The molecule has 0 aromatic carbocycles. The molecule has 1 heterocycles. The maximum absolute atomic E-state index is 5.52. The molecule has 1 N–H and O–H groups in total. The summed E-state index contributed by atoms with van der Waals surface area (Å²) in [6, 6.07) is 0.503. The molecule has 1 aliphatic carbocycles. The van der Waals surface area contributed by atoms with Gasteiger partial charge in [0.2, 0.25) is 0 Å². The molecule has 90 valence electrons. The highest BCUT2D eigenvalue weighted by Gasteiger charge is 2.24. The van der Waals surface area contributed by atoms with Gasteiger partial charge in [-0.3, -0.25) is 0 Å². The molecule has 3 nitrogen and oxygen atoms in total. The lowest BCUT2D eigenvalue weighted by molar-refractivity contribution is 0.0413. The third-order valence-corrected chi connectivity index (χ3v) is 4.10.